The van der Waals surface area contributed by atoms with Crippen LogP contribution in [0.4, 0.5) is 0 Å². The van der Waals surface area contributed by atoms with Gasteiger partial charge in [-0.05, 0) is 42.5 Å². The highest BCUT2D eigenvalue weighted by Gasteiger charge is 2.26. The first-order valence-electron chi connectivity index (χ1n) is 7.31. The second-order valence-corrected chi connectivity index (χ2v) is 6.19. The summed E-state index contributed by atoms with van der Waals surface area (Å²) in [6.07, 6.45) is 2.09. The second-order valence-electron chi connectivity index (χ2n) is 5.24. The van der Waals surface area contributed by atoms with Gasteiger partial charge in [-0.1, -0.05) is 24.3 Å². The summed E-state index contributed by atoms with van der Waals surface area (Å²) in [7, 11) is 3.73. The standard InChI is InChI=1S/C17H21NO2S/c1-18-14(17-15(19-2)8-10-21-17)11-16-13-6-4-3-5-12(13)7-9-20-16/h3-6,8,10,14,16,18H,7,9,11H2,1-2H3. The Morgan fingerprint density at radius 3 is 3.05 bits per heavy atom. The zero-order valence-electron chi connectivity index (χ0n) is 12.5. The predicted octanol–water partition coefficient (Wildman–Crippen LogP) is 3.72. The monoisotopic (exact) mass is 303 g/mol. The Bertz CT molecular complexity index is 596. The Kier molecular flexibility index (Phi) is 4.58. The molecule has 2 heterocycles. The molecule has 0 fully saturated rings. The van der Waals surface area contributed by atoms with Crippen molar-refractivity contribution in [2.75, 3.05) is 20.8 Å². The molecule has 21 heavy (non-hydrogen) atoms. The molecule has 1 aliphatic heterocycles. The van der Waals surface area contributed by atoms with Gasteiger partial charge in [0.2, 0.25) is 0 Å². The van der Waals surface area contributed by atoms with Gasteiger partial charge in [-0.25, -0.2) is 0 Å². The molecule has 0 bridgehead atoms. The molecule has 0 radical (unpaired) electrons. The Morgan fingerprint density at radius 2 is 2.24 bits per heavy atom. The van der Waals surface area contributed by atoms with Crippen LogP contribution < -0.4 is 10.1 Å². The van der Waals surface area contributed by atoms with E-state index in [1.807, 2.05) is 13.1 Å². The molecule has 1 aliphatic rings. The van der Waals surface area contributed by atoms with Gasteiger partial charge in [-0.2, -0.15) is 0 Å². The topological polar surface area (TPSA) is 30.5 Å². The lowest BCUT2D eigenvalue weighted by molar-refractivity contribution is 0.0299. The van der Waals surface area contributed by atoms with Gasteiger partial charge in [0.25, 0.3) is 0 Å². The maximum absolute atomic E-state index is 6.03. The molecular weight excluding hydrogens is 282 g/mol. The Balaban J connectivity index is 1.82. The Labute approximate surface area is 129 Å². The average molecular weight is 303 g/mol. The molecule has 0 amide bonds. The fourth-order valence-corrected chi connectivity index (χ4v) is 3.96. The van der Waals surface area contributed by atoms with Crippen molar-refractivity contribution in [3.8, 4) is 5.75 Å². The summed E-state index contributed by atoms with van der Waals surface area (Å²) >= 11 is 1.73. The second kappa shape index (κ2) is 6.60. The minimum atomic E-state index is 0.152. The van der Waals surface area contributed by atoms with Crippen molar-refractivity contribution in [2.45, 2.75) is 25.0 Å². The molecule has 112 valence electrons. The van der Waals surface area contributed by atoms with Gasteiger partial charge < -0.3 is 14.8 Å². The highest BCUT2D eigenvalue weighted by atomic mass is 32.1. The fraction of sp³-hybridized carbons (Fsp3) is 0.412. The quantitative estimate of drug-likeness (QED) is 0.913. The molecule has 3 rings (SSSR count). The molecular formula is C17H21NO2S. The Morgan fingerprint density at radius 1 is 1.38 bits per heavy atom. The summed E-state index contributed by atoms with van der Waals surface area (Å²) in [5.41, 5.74) is 2.75. The first-order chi connectivity index (χ1) is 10.3. The van der Waals surface area contributed by atoms with E-state index in [1.54, 1.807) is 18.4 Å². The van der Waals surface area contributed by atoms with Gasteiger partial charge in [0.15, 0.2) is 0 Å². The Hall–Kier alpha value is -1.36. The summed E-state index contributed by atoms with van der Waals surface area (Å²) in [4.78, 5) is 1.24. The third-order valence-electron chi connectivity index (χ3n) is 4.08. The maximum atomic E-state index is 6.03. The lowest BCUT2D eigenvalue weighted by Gasteiger charge is -2.29. The SMILES string of the molecule is CNC(CC1OCCc2ccccc21)c1sccc1OC. The van der Waals surface area contributed by atoms with Crippen molar-refractivity contribution >= 4 is 11.3 Å². The normalized spacial score (nSPS) is 19.0. The third-order valence-corrected chi connectivity index (χ3v) is 5.10. The van der Waals surface area contributed by atoms with Gasteiger partial charge in [-0.3, -0.25) is 0 Å². The average Bonchev–Trinajstić information content (AvgIpc) is 3.01. The number of hydrogen-bond acceptors (Lipinski definition) is 4. The predicted molar refractivity (Wildman–Crippen MR) is 86.1 cm³/mol. The number of ether oxygens (including phenoxy) is 2. The number of rotatable bonds is 5. The minimum absolute atomic E-state index is 0.152. The fourth-order valence-electron chi connectivity index (χ4n) is 2.97. The number of benzene rings is 1. The van der Waals surface area contributed by atoms with Crippen LogP contribution in [-0.2, 0) is 11.2 Å². The van der Waals surface area contributed by atoms with E-state index in [-0.39, 0.29) is 12.1 Å². The van der Waals surface area contributed by atoms with Gasteiger partial charge in [-0.15, -0.1) is 11.3 Å². The summed E-state index contributed by atoms with van der Waals surface area (Å²) in [6.45, 7) is 0.805. The molecule has 0 saturated carbocycles. The summed E-state index contributed by atoms with van der Waals surface area (Å²) in [5, 5.41) is 5.49. The maximum Gasteiger partial charge on any atom is 0.134 e. The number of nitrogens with one attached hydrogen (secondary N) is 1. The summed E-state index contributed by atoms with van der Waals surface area (Å²) < 4.78 is 11.5. The van der Waals surface area contributed by atoms with E-state index in [2.05, 4.69) is 35.0 Å². The van der Waals surface area contributed by atoms with Gasteiger partial charge in [0.05, 0.1) is 24.7 Å². The number of thiophene rings is 1. The first kappa shape index (κ1) is 14.6. The van der Waals surface area contributed by atoms with Crippen LogP contribution in [0.15, 0.2) is 35.7 Å². The molecule has 4 heteroatoms. The molecule has 1 aromatic carbocycles. The zero-order chi connectivity index (χ0) is 14.7. The first-order valence-corrected chi connectivity index (χ1v) is 8.19. The highest BCUT2D eigenvalue weighted by molar-refractivity contribution is 7.10. The molecule has 3 nitrogen and oxygen atoms in total. The summed E-state index contributed by atoms with van der Waals surface area (Å²) in [5.74, 6) is 0.962. The van der Waals surface area contributed by atoms with Gasteiger partial charge >= 0.3 is 0 Å². The molecule has 2 atom stereocenters. The minimum Gasteiger partial charge on any atom is -0.496 e. The van der Waals surface area contributed by atoms with Crippen molar-refractivity contribution < 1.29 is 9.47 Å². The van der Waals surface area contributed by atoms with Crippen molar-refractivity contribution in [1.29, 1.82) is 0 Å². The molecule has 0 saturated heterocycles. The third kappa shape index (κ3) is 2.98. The smallest absolute Gasteiger partial charge is 0.134 e. The van der Waals surface area contributed by atoms with E-state index in [1.165, 1.54) is 16.0 Å². The van der Waals surface area contributed by atoms with Crippen LogP contribution in [0.2, 0.25) is 0 Å². The van der Waals surface area contributed by atoms with Crippen LogP contribution in [0, 0.1) is 0 Å². The summed E-state index contributed by atoms with van der Waals surface area (Å²) in [6, 6.07) is 10.9. The van der Waals surface area contributed by atoms with Gasteiger partial charge in [0.1, 0.15) is 5.75 Å². The van der Waals surface area contributed by atoms with Crippen molar-refractivity contribution in [3.63, 3.8) is 0 Å². The van der Waals surface area contributed by atoms with Crippen molar-refractivity contribution in [1.82, 2.24) is 5.32 Å². The molecule has 0 spiro atoms. The highest BCUT2D eigenvalue weighted by Crippen LogP contribution is 2.38. The molecule has 1 aromatic heterocycles. The van der Waals surface area contributed by atoms with E-state index < -0.39 is 0 Å². The lowest BCUT2D eigenvalue weighted by Crippen LogP contribution is -2.23. The van der Waals surface area contributed by atoms with E-state index in [0.29, 0.717) is 0 Å². The van der Waals surface area contributed by atoms with Crippen LogP contribution in [0.3, 0.4) is 0 Å². The largest absolute Gasteiger partial charge is 0.496 e. The molecule has 2 aromatic rings. The van der Waals surface area contributed by atoms with E-state index in [9.17, 15) is 0 Å². The zero-order valence-corrected chi connectivity index (χ0v) is 13.3. The molecule has 0 aliphatic carbocycles. The van der Waals surface area contributed by atoms with Crippen molar-refractivity contribution in [2.24, 2.45) is 0 Å². The van der Waals surface area contributed by atoms with Crippen LogP contribution >= 0.6 is 11.3 Å². The number of hydrogen-bond donors (Lipinski definition) is 1. The van der Waals surface area contributed by atoms with E-state index in [0.717, 1.165) is 25.2 Å². The van der Waals surface area contributed by atoms with Gasteiger partial charge in [0, 0.05) is 6.04 Å². The van der Waals surface area contributed by atoms with E-state index in [4.69, 9.17) is 9.47 Å². The molecule has 2 unspecified atom stereocenters. The number of fused-ring (bicyclic) bond motifs is 1. The van der Waals surface area contributed by atoms with E-state index >= 15 is 0 Å². The lowest BCUT2D eigenvalue weighted by atomic mass is 9.93. The van der Waals surface area contributed by atoms with Crippen LogP contribution in [0.25, 0.3) is 0 Å². The van der Waals surface area contributed by atoms with Crippen LogP contribution in [0.1, 0.15) is 34.6 Å². The van der Waals surface area contributed by atoms with Crippen molar-refractivity contribution in [3.05, 3.63) is 51.7 Å². The number of methoxy groups -OCH3 is 1. The van der Waals surface area contributed by atoms with Crippen LogP contribution in [-0.4, -0.2) is 20.8 Å². The molecule has 1 N–H and O–H groups in total. The van der Waals surface area contributed by atoms with Crippen LogP contribution in [0.5, 0.6) is 5.75 Å².